The van der Waals surface area contributed by atoms with Gasteiger partial charge in [-0.15, -0.1) is 0 Å². The first-order chi connectivity index (χ1) is 10.8. The molecule has 2 aromatic rings. The summed E-state index contributed by atoms with van der Waals surface area (Å²) in [5.74, 6) is 0.0453. The van der Waals surface area contributed by atoms with Crippen molar-refractivity contribution in [2.24, 2.45) is 0 Å². The first kappa shape index (κ1) is 17.3. The largest absolute Gasteiger partial charge is 0.489 e. The van der Waals surface area contributed by atoms with Crippen molar-refractivity contribution in [3.8, 4) is 11.4 Å². The van der Waals surface area contributed by atoms with Crippen LogP contribution < -0.4 is 10.3 Å². The molecule has 1 heterocycles. The van der Waals surface area contributed by atoms with Gasteiger partial charge in [0.1, 0.15) is 24.7 Å². The van der Waals surface area contributed by atoms with Crippen LogP contribution in [0.4, 0.5) is 17.6 Å². The molecule has 0 bridgehead atoms. The van der Waals surface area contributed by atoms with Crippen molar-refractivity contribution in [3.05, 3.63) is 50.9 Å². The van der Waals surface area contributed by atoms with E-state index >= 15 is 0 Å². The smallest absolute Gasteiger partial charge is 0.418 e. The molecule has 9 heteroatoms. The van der Waals surface area contributed by atoms with Crippen LogP contribution in [0.3, 0.4) is 0 Å². The topological polar surface area (TPSA) is 44.1 Å². The number of hydrogen-bond acceptors (Lipinski definition) is 3. The first-order valence-corrected chi connectivity index (χ1v) is 6.78. The van der Waals surface area contributed by atoms with E-state index in [4.69, 9.17) is 16.3 Å². The van der Waals surface area contributed by atoms with E-state index < -0.39 is 29.5 Å². The number of benzene rings is 1. The van der Waals surface area contributed by atoms with Gasteiger partial charge in [0, 0.05) is 16.7 Å². The van der Waals surface area contributed by atoms with Crippen molar-refractivity contribution >= 4 is 11.6 Å². The van der Waals surface area contributed by atoms with Gasteiger partial charge in [-0.2, -0.15) is 23.0 Å². The second-order valence-electron chi connectivity index (χ2n) is 4.55. The van der Waals surface area contributed by atoms with Crippen LogP contribution >= 0.6 is 11.6 Å². The van der Waals surface area contributed by atoms with E-state index in [0.717, 1.165) is 11.6 Å². The number of nitrogens with zero attached hydrogens (tertiary/aromatic N) is 2. The standard InChI is InChI=1S/C14H11ClF4N2O2/c1-8-10(14(17,18)19)7-20-21(13(8)22)11-3-2-9(15)6-12(11)23-5-4-16/h2-3,6-7H,4-5H2,1H3. The van der Waals surface area contributed by atoms with Gasteiger partial charge < -0.3 is 4.74 Å². The molecule has 0 saturated heterocycles. The van der Waals surface area contributed by atoms with E-state index in [1.54, 1.807) is 0 Å². The van der Waals surface area contributed by atoms with Gasteiger partial charge in [-0.25, -0.2) is 4.39 Å². The maximum absolute atomic E-state index is 12.8. The van der Waals surface area contributed by atoms with E-state index in [2.05, 4.69) is 5.10 Å². The van der Waals surface area contributed by atoms with Crippen molar-refractivity contribution in [1.29, 1.82) is 0 Å². The summed E-state index contributed by atoms with van der Waals surface area (Å²) in [6, 6.07) is 4.10. The summed E-state index contributed by atoms with van der Waals surface area (Å²) < 4.78 is 56.5. The summed E-state index contributed by atoms with van der Waals surface area (Å²) in [6.45, 7) is -0.0105. The molecule has 4 nitrogen and oxygen atoms in total. The maximum Gasteiger partial charge on any atom is 0.418 e. The van der Waals surface area contributed by atoms with Gasteiger partial charge in [-0.05, 0) is 19.1 Å². The fourth-order valence-corrected chi connectivity index (χ4v) is 2.09. The van der Waals surface area contributed by atoms with E-state index in [9.17, 15) is 22.4 Å². The summed E-state index contributed by atoms with van der Waals surface area (Å²) in [7, 11) is 0. The fourth-order valence-electron chi connectivity index (χ4n) is 1.92. The van der Waals surface area contributed by atoms with Crippen LogP contribution in [0.15, 0.2) is 29.2 Å². The van der Waals surface area contributed by atoms with Crippen LogP contribution in [0.1, 0.15) is 11.1 Å². The predicted molar refractivity (Wildman–Crippen MR) is 76.1 cm³/mol. The molecule has 2 rings (SSSR count). The molecule has 23 heavy (non-hydrogen) atoms. The number of rotatable bonds is 4. The molecule has 0 atom stereocenters. The molecule has 0 aliphatic rings. The molecule has 0 aliphatic carbocycles. The van der Waals surface area contributed by atoms with Gasteiger partial charge in [0.05, 0.1) is 11.8 Å². The summed E-state index contributed by atoms with van der Waals surface area (Å²) in [6.07, 6.45) is -4.12. The Kier molecular flexibility index (Phi) is 4.93. The highest BCUT2D eigenvalue weighted by Gasteiger charge is 2.34. The van der Waals surface area contributed by atoms with Gasteiger partial charge in [-0.1, -0.05) is 11.6 Å². The Morgan fingerprint density at radius 3 is 2.65 bits per heavy atom. The number of aromatic nitrogens is 2. The third-order valence-corrected chi connectivity index (χ3v) is 3.24. The molecule has 1 aromatic heterocycles. The molecule has 0 aliphatic heterocycles. The Balaban J connectivity index is 2.60. The zero-order valence-corrected chi connectivity index (χ0v) is 12.6. The molecular formula is C14H11ClF4N2O2. The highest BCUT2D eigenvalue weighted by atomic mass is 35.5. The van der Waals surface area contributed by atoms with Crippen LogP contribution in [0.2, 0.25) is 5.02 Å². The molecule has 0 saturated carbocycles. The van der Waals surface area contributed by atoms with Crippen LogP contribution in [0.5, 0.6) is 5.75 Å². The molecule has 0 fully saturated rings. The van der Waals surface area contributed by atoms with Gasteiger partial charge >= 0.3 is 6.18 Å². The highest BCUT2D eigenvalue weighted by Crippen LogP contribution is 2.31. The Labute approximate surface area is 133 Å². The van der Waals surface area contributed by atoms with Crippen molar-refractivity contribution in [3.63, 3.8) is 0 Å². The number of ether oxygens (including phenoxy) is 1. The number of halogens is 5. The third kappa shape index (κ3) is 3.64. The van der Waals surface area contributed by atoms with Gasteiger partial charge in [-0.3, -0.25) is 4.79 Å². The van der Waals surface area contributed by atoms with Gasteiger partial charge in [0.15, 0.2) is 0 Å². The molecule has 0 amide bonds. The van der Waals surface area contributed by atoms with E-state index in [1.165, 1.54) is 18.2 Å². The maximum atomic E-state index is 12.8. The van der Waals surface area contributed by atoms with Crippen molar-refractivity contribution in [2.45, 2.75) is 13.1 Å². The van der Waals surface area contributed by atoms with E-state index in [0.29, 0.717) is 6.20 Å². The first-order valence-electron chi connectivity index (χ1n) is 6.40. The molecule has 0 N–H and O–H groups in total. The summed E-state index contributed by atoms with van der Waals surface area (Å²) >= 11 is 5.81. The predicted octanol–water partition coefficient (Wildman–Crippen LogP) is 3.56. The lowest BCUT2D eigenvalue weighted by atomic mass is 10.2. The normalized spacial score (nSPS) is 11.6. The van der Waals surface area contributed by atoms with Crippen molar-refractivity contribution in [2.75, 3.05) is 13.3 Å². The zero-order chi connectivity index (χ0) is 17.2. The van der Waals surface area contributed by atoms with Crippen LogP contribution in [0.25, 0.3) is 5.69 Å². The molecular weight excluding hydrogens is 340 g/mol. The Morgan fingerprint density at radius 1 is 1.35 bits per heavy atom. The Bertz CT molecular complexity index is 774. The minimum Gasteiger partial charge on any atom is -0.489 e. The minimum atomic E-state index is -4.68. The number of hydrogen-bond donors (Lipinski definition) is 0. The monoisotopic (exact) mass is 350 g/mol. The lowest BCUT2D eigenvalue weighted by Gasteiger charge is -2.14. The van der Waals surface area contributed by atoms with Crippen LogP contribution in [-0.2, 0) is 6.18 Å². The van der Waals surface area contributed by atoms with Gasteiger partial charge in [0.2, 0.25) is 0 Å². The highest BCUT2D eigenvalue weighted by molar-refractivity contribution is 6.30. The lowest BCUT2D eigenvalue weighted by Crippen LogP contribution is -2.27. The summed E-state index contributed by atoms with van der Waals surface area (Å²) in [5, 5.41) is 3.80. The second-order valence-corrected chi connectivity index (χ2v) is 4.98. The fraction of sp³-hybridized carbons (Fsp3) is 0.286. The minimum absolute atomic E-state index is 0.0453. The quantitative estimate of drug-likeness (QED) is 0.792. The summed E-state index contributed by atoms with van der Waals surface area (Å²) in [5.41, 5.74) is -2.49. The molecule has 1 aromatic carbocycles. The molecule has 0 spiro atoms. The van der Waals surface area contributed by atoms with Gasteiger partial charge in [0.25, 0.3) is 5.56 Å². The van der Waals surface area contributed by atoms with Crippen LogP contribution in [-0.4, -0.2) is 23.1 Å². The molecule has 124 valence electrons. The lowest BCUT2D eigenvalue weighted by molar-refractivity contribution is -0.138. The summed E-state index contributed by atoms with van der Waals surface area (Å²) in [4.78, 5) is 12.2. The van der Waals surface area contributed by atoms with E-state index in [-0.39, 0.29) is 23.1 Å². The van der Waals surface area contributed by atoms with E-state index in [1.807, 2.05) is 0 Å². The molecule has 0 unspecified atom stereocenters. The SMILES string of the molecule is Cc1c(C(F)(F)F)cnn(-c2ccc(Cl)cc2OCCF)c1=O. The average Bonchev–Trinajstić information content (AvgIpc) is 2.47. The Hall–Kier alpha value is -2.09. The third-order valence-electron chi connectivity index (χ3n) is 3.01. The van der Waals surface area contributed by atoms with Crippen LogP contribution in [0, 0.1) is 6.92 Å². The second kappa shape index (κ2) is 6.57. The Morgan fingerprint density at radius 2 is 2.04 bits per heavy atom. The number of alkyl halides is 4. The average molecular weight is 351 g/mol. The van der Waals surface area contributed by atoms with Crippen molar-refractivity contribution in [1.82, 2.24) is 9.78 Å². The van der Waals surface area contributed by atoms with Crippen molar-refractivity contribution < 1.29 is 22.3 Å². The zero-order valence-electron chi connectivity index (χ0n) is 11.8. The molecule has 0 radical (unpaired) electrons.